The summed E-state index contributed by atoms with van der Waals surface area (Å²) in [5, 5.41) is 9.59. The fourth-order valence-corrected chi connectivity index (χ4v) is 0.930. The maximum atomic E-state index is 9.59. The Hall–Kier alpha value is -0.0400. The van der Waals surface area contributed by atoms with Gasteiger partial charge in [-0.25, -0.2) is 0 Å². The Kier molecular flexibility index (Phi) is 3.37. The van der Waals surface area contributed by atoms with Crippen LogP contribution in [-0.2, 0) is 0 Å². The summed E-state index contributed by atoms with van der Waals surface area (Å²) in [6, 6.07) is 0. The molecule has 0 aliphatic heterocycles. The van der Waals surface area contributed by atoms with Gasteiger partial charge < -0.3 is 5.11 Å². The van der Waals surface area contributed by atoms with Crippen LogP contribution in [0.1, 0.15) is 34.1 Å². The van der Waals surface area contributed by atoms with Crippen LogP contribution in [0.5, 0.6) is 0 Å². The van der Waals surface area contributed by atoms with E-state index in [0.717, 1.165) is 6.42 Å². The first kappa shape index (κ1) is 9.96. The summed E-state index contributed by atoms with van der Waals surface area (Å²) in [5.41, 5.74) is -0.0254. The van der Waals surface area contributed by atoms with Crippen LogP contribution in [0.25, 0.3) is 0 Å². The van der Waals surface area contributed by atoms with Gasteiger partial charge in [0.05, 0.1) is 6.10 Å². The van der Waals surface area contributed by atoms with Crippen LogP contribution >= 0.6 is 0 Å². The molecule has 0 saturated heterocycles. The molecule has 2 unspecified atom stereocenters. The fourth-order valence-electron chi connectivity index (χ4n) is 0.930. The molecule has 1 radical (unpaired) electrons. The Morgan fingerprint density at radius 3 is 1.90 bits per heavy atom. The number of hydrogen-bond donors (Lipinski definition) is 1. The molecule has 2 atom stereocenters. The van der Waals surface area contributed by atoms with Crippen LogP contribution in [0.3, 0.4) is 0 Å². The molecule has 0 amide bonds. The highest BCUT2D eigenvalue weighted by Crippen LogP contribution is 2.26. The monoisotopic (exact) mass is 143 g/mol. The van der Waals surface area contributed by atoms with Crippen LogP contribution < -0.4 is 0 Å². The summed E-state index contributed by atoms with van der Waals surface area (Å²) in [6.07, 6.45) is 0.663. The summed E-state index contributed by atoms with van der Waals surface area (Å²) in [5.74, 6) is 0.167. The number of hydrogen-bond acceptors (Lipinski definition) is 1. The molecule has 1 N–H and O–H groups in total. The van der Waals surface area contributed by atoms with Crippen molar-refractivity contribution < 1.29 is 5.11 Å². The van der Waals surface area contributed by atoms with Gasteiger partial charge in [0.25, 0.3) is 0 Å². The Bertz CT molecular complexity index is 91.4. The maximum Gasteiger partial charge on any atom is 0.0616 e. The van der Waals surface area contributed by atoms with Gasteiger partial charge in [-0.1, -0.05) is 34.1 Å². The summed E-state index contributed by atoms with van der Waals surface area (Å²) >= 11 is 0. The zero-order valence-corrected chi connectivity index (χ0v) is 7.52. The molecule has 0 bridgehead atoms. The van der Waals surface area contributed by atoms with Crippen molar-refractivity contribution in [2.45, 2.75) is 40.2 Å². The lowest BCUT2D eigenvalue weighted by Gasteiger charge is -2.30. The van der Waals surface area contributed by atoms with Crippen molar-refractivity contribution in [3.05, 3.63) is 6.92 Å². The number of aliphatic hydroxyl groups excluding tert-OH is 1. The first-order chi connectivity index (χ1) is 4.39. The zero-order valence-electron chi connectivity index (χ0n) is 7.52. The van der Waals surface area contributed by atoms with E-state index < -0.39 is 0 Å². The third kappa shape index (κ3) is 2.70. The van der Waals surface area contributed by atoms with Gasteiger partial charge in [0, 0.05) is 0 Å². The van der Waals surface area contributed by atoms with Crippen molar-refractivity contribution in [3.8, 4) is 0 Å². The van der Waals surface area contributed by atoms with Crippen LogP contribution in [0.15, 0.2) is 0 Å². The maximum absolute atomic E-state index is 9.59. The van der Waals surface area contributed by atoms with E-state index in [1.807, 2.05) is 27.7 Å². The SMILES string of the molecule is [CH2]C(CC)C(O)C(C)(C)C. The van der Waals surface area contributed by atoms with E-state index in [1.54, 1.807) is 0 Å². The van der Waals surface area contributed by atoms with Gasteiger partial charge in [0.1, 0.15) is 0 Å². The molecule has 1 nitrogen and oxygen atoms in total. The highest BCUT2D eigenvalue weighted by Gasteiger charge is 2.26. The molecule has 0 heterocycles. The molecule has 0 aromatic rings. The van der Waals surface area contributed by atoms with Gasteiger partial charge in [-0.05, 0) is 18.3 Å². The summed E-state index contributed by atoms with van der Waals surface area (Å²) in [4.78, 5) is 0. The standard InChI is InChI=1S/C9H19O/c1-6-7(2)8(10)9(3,4)5/h7-8,10H,2,6H2,1,3-5H3. The Morgan fingerprint density at radius 1 is 1.40 bits per heavy atom. The van der Waals surface area contributed by atoms with Crippen molar-refractivity contribution in [1.29, 1.82) is 0 Å². The van der Waals surface area contributed by atoms with Crippen LogP contribution in [0, 0.1) is 18.3 Å². The predicted octanol–water partition coefficient (Wildman–Crippen LogP) is 2.25. The highest BCUT2D eigenvalue weighted by molar-refractivity contribution is 4.80. The van der Waals surface area contributed by atoms with E-state index in [-0.39, 0.29) is 17.4 Å². The quantitative estimate of drug-likeness (QED) is 0.628. The van der Waals surface area contributed by atoms with E-state index in [4.69, 9.17) is 0 Å². The molecule has 0 rings (SSSR count). The summed E-state index contributed by atoms with van der Waals surface area (Å²) in [7, 11) is 0. The molecular formula is C9H19O. The Morgan fingerprint density at radius 2 is 1.80 bits per heavy atom. The number of aliphatic hydroxyl groups is 1. The highest BCUT2D eigenvalue weighted by atomic mass is 16.3. The minimum Gasteiger partial charge on any atom is -0.392 e. The average molecular weight is 143 g/mol. The second-order valence-electron chi connectivity index (χ2n) is 3.98. The fraction of sp³-hybridized carbons (Fsp3) is 0.889. The van der Waals surface area contributed by atoms with Crippen molar-refractivity contribution in [2.24, 2.45) is 11.3 Å². The second kappa shape index (κ2) is 3.38. The van der Waals surface area contributed by atoms with Gasteiger partial charge in [-0.2, -0.15) is 0 Å². The van der Waals surface area contributed by atoms with Crippen molar-refractivity contribution in [3.63, 3.8) is 0 Å². The predicted molar refractivity (Wildman–Crippen MR) is 44.6 cm³/mol. The lowest BCUT2D eigenvalue weighted by molar-refractivity contribution is 0.0259. The van der Waals surface area contributed by atoms with Crippen LogP contribution in [0.4, 0.5) is 0 Å². The van der Waals surface area contributed by atoms with Gasteiger partial charge in [0.15, 0.2) is 0 Å². The van der Waals surface area contributed by atoms with Crippen molar-refractivity contribution in [1.82, 2.24) is 0 Å². The molecule has 0 saturated carbocycles. The molecule has 10 heavy (non-hydrogen) atoms. The van der Waals surface area contributed by atoms with Crippen molar-refractivity contribution in [2.75, 3.05) is 0 Å². The van der Waals surface area contributed by atoms with Crippen LogP contribution in [0.2, 0.25) is 0 Å². The number of rotatable bonds is 2. The van der Waals surface area contributed by atoms with E-state index in [0.29, 0.717) is 0 Å². The molecule has 0 aliphatic rings. The summed E-state index contributed by atoms with van der Waals surface area (Å²) < 4.78 is 0. The topological polar surface area (TPSA) is 20.2 Å². The lowest BCUT2D eigenvalue weighted by atomic mass is 9.81. The molecule has 1 heteroatoms. The first-order valence-corrected chi connectivity index (χ1v) is 3.90. The van der Waals surface area contributed by atoms with Crippen LogP contribution in [-0.4, -0.2) is 11.2 Å². The molecule has 0 aliphatic carbocycles. The van der Waals surface area contributed by atoms with Gasteiger partial charge in [-0.3, -0.25) is 0 Å². The second-order valence-corrected chi connectivity index (χ2v) is 3.98. The minimum absolute atomic E-state index is 0.0254. The molecule has 0 fully saturated rings. The lowest BCUT2D eigenvalue weighted by Crippen LogP contribution is -2.32. The van der Waals surface area contributed by atoms with Gasteiger partial charge >= 0.3 is 0 Å². The third-order valence-electron chi connectivity index (χ3n) is 1.86. The zero-order chi connectivity index (χ0) is 8.36. The normalized spacial score (nSPS) is 18.6. The van der Waals surface area contributed by atoms with Crippen molar-refractivity contribution >= 4 is 0 Å². The Balaban J connectivity index is 3.94. The molecular weight excluding hydrogens is 124 g/mol. The first-order valence-electron chi connectivity index (χ1n) is 3.90. The molecule has 0 aromatic carbocycles. The minimum atomic E-state index is -0.280. The molecule has 0 aromatic heterocycles. The summed E-state index contributed by atoms with van der Waals surface area (Å²) in [6.45, 7) is 12.0. The van der Waals surface area contributed by atoms with E-state index in [1.165, 1.54) is 0 Å². The van der Waals surface area contributed by atoms with E-state index >= 15 is 0 Å². The van der Waals surface area contributed by atoms with Gasteiger partial charge in [0.2, 0.25) is 0 Å². The van der Waals surface area contributed by atoms with Gasteiger partial charge in [-0.15, -0.1) is 0 Å². The largest absolute Gasteiger partial charge is 0.392 e. The smallest absolute Gasteiger partial charge is 0.0616 e. The van der Waals surface area contributed by atoms with E-state index in [2.05, 4.69) is 6.92 Å². The Labute approximate surface area is 64.5 Å². The average Bonchev–Trinajstić information content (AvgIpc) is 1.83. The van der Waals surface area contributed by atoms with E-state index in [9.17, 15) is 5.11 Å². The molecule has 0 spiro atoms. The third-order valence-corrected chi connectivity index (χ3v) is 1.86. The molecule has 61 valence electrons.